The van der Waals surface area contributed by atoms with Gasteiger partial charge in [-0.3, -0.25) is 0 Å². The lowest BCUT2D eigenvalue weighted by molar-refractivity contribution is 0.0319. The molecule has 66 valence electrons. The summed E-state index contributed by atoms with van der Waals surface area (Å²) in [5.74, 6) is 0. The van der Waals surface area contributed by atoms with Gasteiger partial charge >= 0.3 is 0 Å². The van der Waals surface area contributed by atoms with Gasteiger partial charge in [0.05, 0.1) is 0 Å². The molecule has 0 spiro atoms. The van der Waals surface area contributed by atoms with Crippen LogP contribution >= 0.6 is 0 Å². The molecule has 0 radical (unpaired) electrons. The Kier molecular flexibility index (Phi) is 3.17. The summed E-state index contributed by atoms with van der Waals surface area (Å²) in [6.45, 7) is 1.44. The summed E-state index contributed by atoms with van der Waals surface area (Å²) in [7, 11) is 0. The fourth-order valence-electron chi connectivity index (χ4n) is 1.29. The zero-order valence-corrected chi connectivity index (χ0v) is 6.27. The van der Waals surface area contributed by atoms with Crippen molar-refractivity contribution in [3.63, 3.8) is 0 Å². The maximum atomic E-state index is 12.4. The van der Waals surface area contributed by atoms with Crippen LogP contribution in [0, 0.1) is 0 Å². The predicted octanol–water partition coefficient (Wildman–Crippen LogP) is 1.69. The van der Waals surface area contributed by atoms with Crippen molar-refractivity contribution in [2.45, 2.75) is 25.4 Å². The Labute approximate surface area is 64.2 Å². The number of rotatable bonds is 3. The lowest BCUT2D eigenvalue weighted by Crippen LogP contribution is -2.31. The van der Waals surface area contributed by atoms with Crippen molar-refractivity contribution in [2.24, 2.45) is 0 Å². The molecule has 0 bridgehead atoms. The molecule has 4 heteroatoms. The highest BCUT2D eigenvalue weighted by Gasteiger charge is 2.23. The van der Waals surface area contributed by atoms with Gasteiger partial charge in [0.2, 0.25) is 0 Å². The smallest absolute Gasteiger partial charge is 0.270 e. The SMILES string of the molecule is FC(F)C(F)CN1CCCC1. The summed E-state index contributed by atoms with van der Waals surface area (Å²) in [6.07, 6.45) is -2.77. The third-order valence-corrected chi connectivity index (χ3v) is 1.90. The highest BCUT2D eigenvalue weighted by Crippen LogP contribution is 2.12. The van der Waals surface area contributed by atoms with E-state index in [9.17, 15) is 13.2 Å². The standard InChI is InChI=1S/C7H12F3N/c8-6(7(9)10)5-11-3-1-2-4-11/h6-7H,1-5H2. The van der Waals surface area contributed by atoms with Gasteiger partial charge in [-0.15, -0.1) is 0 Å². The van der Waals surface area contributed by atoms with Crippen molar-refractivity contribution in [1.82, 2.24) is 4.90 Å². The zero-order chi connectivity index (χ0) is 8.27. The van der Waals surface area contributed by atoms with Gasteiger partial charge in [0.1, 0.15) is 0 Å². The van der Waals surface area contributed by atoms with E-state index >= 15 is 0 Å². The van der Waals surface area contributed by atoms with Crippen LogP contribution in [0.3, 0.4) is 0 Å². The molecule has 1 aliphatic rings. The van der Waals surface area contributed by atoms with Gasteiger partial charge in [-0.25, -0.2) is 13.2 Å². The normalized spacial score (nSPS) is 22.9. The average Bonchev–Trinajstić information content (AvgIpc) is 2.39. The topological polar surface area (TPSA) is 3.24 Å². The van der Waals surface area contributed by atoms with Crippen molar-refractivity contribution in [2.75, 3.05) is 19.6 Å². The Balaban J connectivity index is 2.18. The monoisotopic (exact) mass is 167 g/mol. The van der Waals surface area contributed by atoms with Crippen LogP contribution in [0.25, 0.3) is 0 Å². The van der Waals surface area contributed by atoms with Crippen molar-refractivity contribution in [3.8, 4) is 0 Å². The van der Waals surface area contributed by atoms with Gasteiger partial charge in [-0.05, 0) is 25.9 Å². The molecular weight excluding hydrogens is 155 g/mol. The molecule has 0 aromatic heterocycles. The molecule has 1 fully saturated rings. The van der Waals surface area contributed by atoms with E-state index in [0.717, 1.165) is 25.9 Å². The summed E-state index contributed by atoms with van der Waals surface area (Å²) < 4.78 is 35.7. The summed E-state index contributed by atoms with van der Waals surface area (Å²) >= 11 is 0. The van der Waals surface area contributed by atoms with Crippen LogP contribution in [0.2, 0.25) is 0 Å². The Hall–Kier alpha value is -0.250. The maximum Gasteiger partial charge on any atom is 0.270 e. The summed E-state index contributed by atoms with van der Waals surface area (Å²) in [4.78, 5) is 1.75. The van der Waals surface area contributed by atoms with E-state index in [4.69, 9.17) is 0 Å². The molecule has 1 aliphatic heterocycles. The van der Waals surface area contributed by atoms with Crippen LogP contribution in [-0.2, 0) is 0 Å². The van der Waals surface area contributed by atoms with Gasteiger partial charge in [0, 0.05) is 6.54 Å². The second-order valence-electron chi connectivity index (χ2n) is 2.86. The van der Waals surface area contributed by atoms with Gasteiger partial charge < -0.3 is 4.90 Å². The number of hydrogen-bond donors (Lipinski definition) is 0. The highest BCUT2D eigenvalue weighted by atomic mass is 19.3. The summed E-state index contributed by atoms with van der Waals surface area (Å²) in [5.41, 5.74) is 0. The van der Waals surface area contributed by atoms with Crippen molar-refractivity contribution in [3.05, 3.63) is 0 Å². The Morgan fingerprint density at radius 3 is 2.09 bits per heavy atom. The van der Waals surface area contributed by atoms with Crippen LogP contribution in [0.5, 0.6) is 0 Å². The van der Waals surface area contributed by atoms with Crippen LogP contribution < -0.4 is 0 Å². The van der Waals surface area contributed by atoms with E-state index < -0.39 is 12.6 Å². The van der Waals surface area contributed by atoms with Gasteiger partial charge in [0.25, 0.3) is 6.43 Å². The summed E-state index contributed by atoms with van der Waals surface area (Å²) in [6, 6.07) is 0. The van der Waals surface area contributed by atoms with Crippen molar-refractivity contribution >= 4 is 0 Å². The summed E-state index contributed by atoms with van der Waals surface area (Å²) in [5, 5.41) is 0. The minimum absolute atomic E-state index is 0.0995. The average molecular weight is 167 g/mol. The molecule has 1 rings (SSSR count). The third-order valence-electron chi connectivity index (χ3n) is 1.90. The molecule has 0 aliphatic carbocycles. The number of likely N-dealkylation sites (tertiary alicyclic amines) is 1. The lowest BCUT2D eigenvalue weighted by Gasteiger charge is -2.16. The predicted molar refractivity (Wildman–Crippen MR) is 36.6 cm³/mol. The molecule has 1 nitrogen and oxygen atoms in total. The molecule has 0 amide bonds. The molecule has 0 aromatic carbocycles. The molecule has 1 atom stereocenters. The van der Waals surface area contributed by atoms with E-state index in [1.54, 1.807) is 4.90 Å². The number of hydrogen-bond acceptors (Lipinski definition) is 1. The van der Waals surface area contributed by atoms with E-state index in [1.165, 1.54) is 0 Å². The zero-order valence-electron chi connectivity index (χ0n) is 6.27. The van der Waals surface area contributed by atoms with Crippen molar-refractivity contribution < 1.29 is 13.2 Å². The Bertz CT molecular complexity index is 112. The Morgan fingerprint density at radius 1 is 1.09 bits per heavy atom. The minimum Gasteiger partial charge on any atom is -0.300 e. The second kappa shape index (κ2) is 3.95. The number of halogens is 3. The molecule has 1 saturated heterocycles. The Morgan fingerprint density at radius 2 is 1.64 bits per heavy atom. The quantitative estimate of drug-likeness (QED) is 0.618. The lowest BCUT2D eigenvalue weighted by atomic mass is 10.4. The van der Waals surface area contributed by atoms with Crippen molar-refractivity contribution in [1.29, 1.82) is 0 Å². The molecular formula is C7H12F3N. The fourth-order valence-corrected chi connectivity index (χ4v) is 1.29. The largest absolute Gasteiger partial charge is 0.300 e. The van der Waals surface area contributed by atoms with Gasteiger partial charge in [-0.1, -0.05) is 0 Å². The van der Waals surface area contributed by atoms with E-state index in [1.807, 2.05) is 0 Å². The number of nitrogens with zero attached hydrogens (tertiary/aromatic N) is 1. The van der Waals surface area contributed by atoms with Crippen LogP contribution in [-0.4, -0.2) is 37.1 Å². The minimum atomic E-state index is -2.82. The molecule has 1 unspecified atom stereocenters. The molecule has 0 N–H and O–H groups in total. The second-order valence-corrected chi connectivity index (χ2v) is 2.86. The van der Waals surface area contributed by atoms with Crippen LogP contribution in [0.4, 0.5) is 13.2 Å². The molecule has 0 aromatic rings. The first-order valence-electron chi connectivity index (χ1n) is 3.84. The van der Waals surface area contributed by atoms with Gasteiger partial charge in [0.15, 0.2) is 6.17 Å². The molecule has 0 saturated carbocycles. The molecule has 1 heterocycles. The first kappa shape index (κ1) is 8.84. The third kappa shape index (κ3) is 2.69. The fraction of sp³-hybridized carbons (Fsp3) is 1.00. The first-order valence-corrected chi connectivity index (χ1v) is 3.84. The van der Waals surface area contributed by atoms with E-state index in [0.29, 0.717) is 0 Å². The maximum absolute atomic E-state index is 12.4. The van der Waals surface area contributed by atoms with Crippen LogP contribution in [0.1, 0.15) is 12.8 Å². The highest BCUT2D eigenvalue weighted by molar-refractivity contribution is 4.71. The molecule has 11 heavy (non-hydrogen) atoms. The number of alkyl halides is 3. The first-order chi connectivity index (χ1) is 5.20. The van der Waals surface area contributed by atoms with Crippen LogP contribution in [0.15, 0.2) is 0 Å². The van der Waals surface area contributed by atoms with E-state index in [-0.39, 0.29) is 6.54 Å². The van der Waals surface area contributed by atoms with E-state index in [2.05, 4.69) is 0 Å². The van der Waals surface area contributed by atoms with Gasteiger partial charge in [-0.2, -0.15) is 0 Å².